The molecule has 1 amide bonds. The van der Waals surface area contributed by atoms with Crippen molar-refractivity contribution in [2.24, 2.45) is 0 Å². The summed E-state index contributed by atoms with van der Waals surface area (Å²) in [6, 6.07) is 12.1. The molecule has 0 unspecified atom stereocenters. The highest BCUT2D eigenvalue weighted by Crippen LogP contribution is 2.44. The predicted molar refractivity (Wildman–Crippen MR) is 132 cm³/mol. The van der Waals surface area contributed by atoms with Crippen molar-refractivity contribution in [1.29, 1.82) is 0 Å². The number of rotatable bonds is 7. The number of halogens is 2. The summed E-state index contributed by atoms with van der Waals surface area (Å²) in [5.74, 6) is -2.36. The lowest BCUT2D eigenvalue weighted by Crippen LogP contribution is -2.57. The number of carbonyl (C=O) groups is 3. The van der Waals surface area contributed by atoms with Crippen molar-refractivity contribution < 1.29 is 29.0 Å². The standard InChI is InChI=1S/C26H29Cl2NO6/c1-5-19(25(33)35-26(2,3)4)29-22(15-9-11-17(27)12-10-15)23(16-7-6-8-18(28)13-16)34-20(24(29)32)14-21(30)31/h6-13,19-20,22-23H,5,14H2,1-4H3,(H,30,31)/t19-,20+,22-,23-/m1/s1. The van der Waals surface area contributed by atoms with Crippen molar-refractivity contribution in [2.45, 2.75) is 70.4 Å². The summed E-state index contributed by atoms with van der Waals surface area (Å²) in [5.41, 5.74) is 0.537. The Bertz CT molecular complexity index is 1080. The fourth-order valence-electron chi connectivity index (χ4n) is 4.19. The first-order chi connectivity index (χ1) is 16.4. The SMILES string of the molecule is CC[C@H](C(=O)OC(C)(C)C)N1C(=O)[C@H](CC(=O)O)O[C@H](c2cccc(Cl)c2)[C@H]1c1ccc(Cl)cc1. The van der Waals surface area contributed by atoms with Crippen LogP contribution >= 0.6 is 23.2 Å². The van der Waals surface area contributed by atoms with Gasteiger partial charge in [0.1, 0.15) is 23.9 Å². The number of carbonyl (C=O) groups excluding carboxylic acids is 2. The molecule has 7 nitrogen and oxygen atoms in total. The first kappa shape index (κ1) is 27.0. The third-order valence-corrected chi connectivity index (χ3v) is 6.06. The zero-order chi connectivity index (χ0) is 25.9. The summed E-state index contributed by atoms with van der Waals surface area (Å²) in [6.07, 6.45) is -2.39. The minimum absolute atomic E-state index is 0.257. The van der Waals surface area contributed by atoms with Gasteiger partial charge in [-0.1, -0.05) is 54.4 Å². The van der Waals surface area contributed by atoms with E-state index in [0.29, 0.717) is 21.2 Å². The summed E-state index contributed by atoms with van der Waals surface area (Å²) in [6.45, 7) is 7.02. The van der Waals surface area contributed by atoms with Crippen LogP contribution in [-0.2, 0) is 23.9 Å². The second-order valence-corrected chi connectivity index (χ2v) is 10.3. The zero-order valence-corrected chi connectivity index (χ0v) is 21.5. The van der Waals surface area contributed by atoms with Gasteiger partial charge in [0.25, 0.3) is 5.91 Å². The molecule has 1 N–H and O–H groups in total. The zero-order valence-electron chi connectivity index (χ0n) is 20.0. The predicted octanol–water partition coefficient (Wildman–Crippen LogP) is 5.60. The highest BCUT2D eigenvalue weighted by molar-refractivity contribution is 6.30. The maximum absolute atomic E-state index is 13.7. The monoisotopic (exact) mass is 521 g/mol. The van der Waals surface area contributed by atoms with Gasteiger partial charge in [0, 0.05) is 10.0 Å². The molecule has 0 bridgehead atoms. The highest BCUT2D eigenvalue weighted by atomic mass is 35.5. The van der Waals surface area contributed by atoms with Gasteiger partial charge >= 0.3 is 11.9 Å². The Balaban J connectivity index is 2.20. The van der Waals surface area contributed by atoms with Gasteiger partial charge in [-0.3, -0.25) is 9.59 Å². The van der Waals surface area contributed by atoms with E-state index >= 15 is 0 Å². The lowest BCUT2D eigenvalue weighted by atomic mass is 9.89. The molecule has 4 atom stereocenters. The number of ether oxygens (including phenoxy) is 2. The van der Waals surface area contributed by atoms with Crippen LogP contribution in [0.15, 0.2) is 48.5 Å². The van der Waals surface area contributed by atoms with Crippen molar-refractivity contribution in [1.82, 2.24) is 4.90 Å². The summed E-state index contributed by atoms with van der Waals surface area (Å²) in [7, 11) is 0. The molecular weight excluding hydrogens is 493 g/mol. The van der Waals surface area contributed by atoms with E-state index in [2.05, 4.69) is 0 Å². The number of carboxylic acid groups (broad SMARTS) is 1. The van der Waals surface area contributed by atoms with Gasteiger partial charge in [0.05, 0.1) is 12.5 Å². The van der Waals surface area contributed by atoms with E-state index in [4.69, 9.17) is 32.7 Å². The summed E-state index contributed by atoms with van der Waals surface area (Å²) in [4.78, 5) is 40.0. The number of aliphatic carboxylic acids is 1. The van der Waals surface area contributed by atoms with E-state index in [0.717, 1.165) is 0 Å². The van der Waals surface area contributed by atoms with Crippen LogP contribution in [0, 0.1) is 0 Å². The van der Waals surface area contributed by atoms with Gasteiger partial charge in [0.15, 0.2) is 0 Å². The number of esters is 1. The molecule has 35 heavy (non-hydrogen) atoms. The second-order valence-electron chi connectivity index (χ2n) is 9.40. The molecule has 188 valence electrons. The summed E-state index contributed by atoms with van der Waals surface area (Å²) >= 11 is 12.4. The van der Waals surface area contributed by atoms with Crippen molar-refractivity contribution >= 4 is 41.0 Å². The van der Waals surface area contributed by atoms with Crippen molar-refractivity contribution in [3.8, 4) is 0 Å². The molecule has 1 aliphatic heterocycles. The number of nitrogens with zero attached hydrogens (tertiary/aromatic N) is 1. The molecule has 2 aromatic rings. The van der Waals surface area contributed by atoms with E-state index in [1.165, 1.54) is 4.90 Å². The Kier molecular flexibility index (Phi) is 8.46. The van der Waals surface area contributed by atoms with Crippen molar-refractivity contribution in [3.63, 3.8) is 0 Å². The fourth-order valence-corrected chi connectivity index (χ4v) is 4.51. The minimum Gasteiger partial charge on any atom is -0.481 e. The Labute approximate surface area is 214 Å². The molecule has 1 aliphatic rings. The number of hydrogen-bond acceptors (Lipinski definition) is 5. The number of hydrogen-bond donors (Lipinski definition) is 1. The molecule has 0 saturated carbocycles. The highest BCUT2D eigenvalue weighted by Gasteiger charge is 2.49. The third-order valence-electron chi connectivity index (χ3n) is 5.58. The largest absolute Gasteiger partial charge is 0.481 e. The maximum atomic E-state index is 13.7. The van der Waals surface area contributed by atoms with Gasteiger partial charge in [-0.25, -0.2) is 4.79 Å². The van der Waals surface area contributed by atoms with Gasteiger partial charge in [-0.15, -0.1) is 0 Å². The van der Waals surface area contributed by atoms with Gasteiger partial charge in [-0.05, 0) is 62.6 Å². The Morgan fingerprint density at radius 1 is 1.09 bits per heavy atom. The third kappa shape index (κ3) is 6.54. The number of amides is 1. The van der Waals surface area contributed by atoms with Crippen LogP contribution in [-0.4, -0.2) is 45.6 Å². The minimum atomic E-state index is -1.29. The Hall–Kier alpha value is -2.61. The quantitative estimate of drug-likeness (QED) is 0.476. The summed E-state index contributed by atoms with van der Waals surface area (Å²) in [5, 5.41) is 10.4. The van der Waals surface area contributed by atoms with Crippen LogP contribution in [0.25, 0.3) is 0 Å². The van der Waals surface area contributed by atoms with Gasteiger partial charge in [0.2, 0.25) is 0 Å². The maximum Gasteiger partial charge on any atom is 0.329 e. The molecular formula is C26H29Cl2NO6. The van der Waals surface area contributed by atoms with Crippen LogP contribution in [0.4, 0.5) is 0 Å². The normalized spacial score (nSPS) is 21.5. The molecule has 2 aromatic carbocycles. The molecule has 0 aliphatic carbocycles. The Morgan fingerprint density at radius 3 is 2.29 bits per heavy atom. The topological polar surface area (TPSA) is 93.1 Å². The molecule has 1 saturated heterocycles. The first-order valence-corrected chi connectivity index (χ1v) is 12.1. The first-order valence-electron chi connectivity index (χ1n) is 11.3. The van der Waals surface area contributed by atoms with Crippen molar-refractivity contribution in [2.75, 3.05) is 0 Å². The molecule has 0 spiro atoms. The van der Waals surface area contributed by atoms with Crippen LogP contribution in [0.5, 0.6) is 0 Å². The lowest BCUT2D eigenvalue weighted by molar-refractivity contribution is -0.191. The molecule has 0 aromatic heterocycles. The van der Waals surface area contributed by atoms with E-state index in [9.17, 15) is 19.5 Å². The van der Waals surface area contributed by atoms with Crippen LogP contribution < -0.4 is 0 Å². The lowest BCUT2D eigenvalue weighted by Gasteiger charge is -2.47. The average Bonchev–Trinajstić information content (AvgIpc) is 2.75. The van der Waals surface area contributed by atoms with Gasteiger partial charge < -0.3 is 19.5 Å². The van der Waals surface area contributed by atoms with Crippen LogP contribution in [0.2, 0.25) is 10.0 Å². The number of benzene rings is 2. The molecule has 1 heterocycles. The van der Waals surface area contributed by atoms with E-state index in [1.807, 2.05) is 0 Å². The summed E-state index contributed by atoms with van der Waals surface area (Å²) < 4.78 is 11.8. The average molecular weight is 522 g/mol. The molecule has 0 radical (unpaired) electrons. The van der Waals surface area contributed by atoms with Crippen LogP contribution in [0.1, 0.15) is 63.8 Å². The fraction of sp³-hybridized carbons (Fsp3) is 0.423. The van der Waals surface area contributed by atoms with Gasteiger partial charge in [-0.2, -0.15) is 0 Å². The smallest absolute Gasteiger partial charge is 0.329 e. The van der Waals surface area contributed by atoms with E-state index < -0.39 is 54.2 Å². The van der Waals surface area contributed by atoms with Crippen LogP contribution in [0.3, 0.4) is 0 Å². The van der Waals surface area contributed by atoms with E-state index in [1.54, 1.807) is 76.2 Å². The Morgan fingerprint density at radius 2 is 1.74 bits per heavy atom. The number of morpholine rings is 1. The molecule has 1 fully saturated rings. The molecule has 3 rings (SSSR count). The number of carboxylic acids is 1. The molecule has 9 heteroatoms. The second kappa shape index (κ2) is 11.0. The van der Waals surface area contributed by atoms with Crippen molar-refractivity contribution in [3.05, 3.63) is 69.7 Å². The van der Waals surface area contributed by atoms with E-state index in [-0.39, 0.29) is 6.42 Å².